The van der Waals surface area contributed by atoms with Gasteiger partial charge in [-0.3, -0.25) is 14.9 Å². The van der Waals surface area contributed by atoms with Crippen molar-refractivity contribution in [1.82, 2.24) is 5.32 Å². The first-order valence-electron chi connectivity index (χ1n) is 4.50. The Morgan fingerprint density at radius 1 is 1.25 bits per heavy atom. The summed E-state index contributed by atoms with van der Waals surface area (Å²) in [7, 11) is 0. The van der Waals surface area contributed by atoms with Crippen LogP contribution in [-0.4, -0.2) is 17.8 Å². The number of halogens is 1. The number of amides is 4. The van der Waals surface area contributed by atoms with Gasteiger partial charge in [-0.1, -0.05) is 6.07 Å². The topological polar surface area (TPSA) is 66.5 Å². The minimum absolute atomic E-state index is 0.294. The van der Waals surface area contributed by atoms with Crippen LogP contribution in [0.5, 0.6) is 0 Å². The quantitative estimate of drug-likeness (QED) is 0.623. The molecule has 0 aromatic heterocycles. The monoisotopic (exact) mass is 330 g/mol. The maximum atomic E-state index is 11.6. The summed E-state index contributed by atoms with van der Waals surface area (Å²) in [6.07, 6.45) is -0.294. The average molecular weight is 330 g/mol. The number of hydrogen-bond acceptors (Lipinski definition) is 3. The zero-order valence-corrected chi connectivity index (χ0v) is 10.2. The summed E-state index contributed by atoms with van der Waals surface area (Å²) in [5, 5.41) is 2.10. The van der Waals surface area contributed by atoms with Gasteiger partial charge in [0.05, 0.1) is 5.69 Å². The standard InChI is InChI=1S/C10H7IN2O3/c11-6-2-1-3-7(4-6)13-9(15)5-8(14)12-10(13)16/h1-4H,5H2,(H,12,14,16). The molecule has 1 aliphatic heterocycles. The molecular weight excluding hydrogens is 323 g/mol. The van der Waals surface area contributed by atoms with Gasteiger partial charge in [0.2, 0.25) is 11.8 Å². The van der Waals surface area contributed by atoms with Crippen LogP contribution in [0.15, 0.2) is 24.3 Å². The molecule has 0 bridgehead atoms. The van der Waals surface area contributed by atoms with Gasteiger partial charge >= 0.3 is 6.03 Å². The number of hydrogen-bond donors (Lipinski definition) is 1. The molecule has 1 aromatic carbocycles. The summed E-state index contributed by atoms with van der Waals surface area (Å²) < 4.78 is 0.910. The minimum Gasteiger partial charge on any atom is -0.277 e. The Kier molecular flexibility index (Phi) is 2.90. The molecule has 1 aliphatic rings. The number of nitrogens with one attached hydrogen (secondary N) is 1. The second-order valence-corrected chi connectivity index (χ2v) is 4.48. The van der Waals surface area contributed by atoms with Crippen LogP contribution in [-0.2, 0) is 9.59 Å². The molecule has 1 N–H and O–H groups in total. The summed E-state index contributed by atoms with van der Waals surface area (Å²) in [4.78, 5) is 35.0. The number of carbonyl (C=O) groups excluding carboxylic acids is 3. The number of nitrogens with zero attached hydrogens (tertiary/aromatic N) is 1. The molecule has 82 valence electrons. The molecule has 0 spiro atoms. The van der Waals surface area contributed by atoms with E-state index in [-0.39, 0.29) is 6.42 Å². The van der Waals surface area contributed by atoms with E-state index >= 15 is 0 Å². The SMILES string of the molecule is O=C1CC(=O)N(c2cccc(I)c2)C(=O)N1. The summed E-state index contributed by atoms with van der Waals surface area (Å²) in [5.41, 5.74) is 0.474. The van der Waals surface area contributed by atoms with Gasteiger partial charge < -0.3 is 0 Å². The Morgan fingerprint density at radius 2 is 2.00 bits per heavy atom. The van der Waals surface area contributed by atoms with Crippen molar-refractivity contribution in [2.75, 3.05) is 4.90 Å². The lowest BCUT2D eigenvalue weighted by Gasteiger charge is -2.24. The fourth-order valence-electron chi connectivity index (χ4n) is 1.43. The molecule has 1 aromatic rings. The van der Waals surface area contributed by atoms with Crippen LogP contribution in [0.3, 0.4) is 0 Å². The normalized spacial score (nSPS) is 16.3. The summed E-state index contributed by atoms with van der Waals surface area (Å²) >= 11 is 2.08. The summed E-state index contributed by atoms with van der Waals surface area (Å²) in [6, 6.07) is 6.25. The molecule has 0 aliphatic carbocycles. The maximum Gasteiger partial charge on any atom is 0.335 e. The third kappa shape index (κ3) is 2.06. The predicted molar refractivity (Wildman–Crippen MR) is 64.8 cm³/mol. The van der Waals surface area contributed by atoms with Crippen molar-refractivity contribution in [3.05, 3.63) is 27.8 Å². The van der Waals surface area contributed by atoms with Crippen LogP contribution in [0.4, 0.5) is 10.5 Å². The van der Waals surface area contributed by atoms with E-state index in [9.17, 15) is 14.4 Å². The molecule has 1 fully saturated rings. The highest BCUT2D eigenvalue weighted by Crippen LogP contribution is 2.20. The van der Waals surface area contributed by atoms with Crippen molar-refractivity contribution in [2.24, 2.45) is 0 Å². The van der Waals surface area contributed by atoms with Gasteiger partial charge in [-0.25, -0.2) is 9.69 Å². The lowest BCUT2D eigenvalue weighted by molar-refractivity contribution is -0.128. The smallest absolute Gasteiger partial charge is 0.277 e. The second-order valence-electron chi connectivity index (χ2n) is 3.24. The number of barbiturate groups is 1. The second kappa shape index (κ2) is 4.20. The highest BCUT2D eigenvalue weighted by atomic mass is 127. The van der Waals surface area contributed by atoms with E-state index in [0.717, 1.165) is 8.47 Å². The predicted octanol–water partition coefficient (Wildman–Crippen LogP) is 1.26. The van der Waals surface area contributed by atoms with Gasteiger partial charge in [-0.2, -0.15) is 0 Å². The molecule has 1 saturated heterocycles. The van der Waals surface area contributed by atoms with Crippen LogP contribution in [0, 0.1) is 3.57 Å². The molecule has 16 heavy (non-hydrogen) atoms. The third-order valence-electron chi connectivity index (χ3n) is 2.08. The van der Waals surface area contributed by atoms with E-state index in [2.05, 4.69) is 27.9 Å². The van der Waals surface area contributed by atoms with E-state index in [4.69, 9.17) is 0 Å². The van der Waals surface area contributed by atoms with E-state index in [0.29, 0.717) is 5.69 Å². The molecular formula is C10H7IN2O3. The van der Waals surface area contributed by atoms with Crippen molar-refractivity contribution < 1.29 is 14.4 Å². The fraction of sp³-hybridized carbons (Fsp3) is 0.100. The number of rotatable bonds is 1. The Labute approximate surface area is 105 Å². The molecule has 1 heterocycles. The molecule has 2 rings (SSSR count). The molecule has 0 unspecified atom stereocenters. The van der Waals surface area contributed by atoms with Gasteiger partial charge in [-0.05, 0) is 40.8 Å². The third-order valence-corrected chi connectivity index (χ3v) is 2.75. The van der Waals surface area contributed by atoms with Gasteiger partial charge in [-0.15, -0.1) is 0 Å². The number of imide groups is 2. The molecule has 0 atom stereocenters. The van der Waals surface area contributed by atoms with E-state index in [1.165, 1.54) is 0 Å². The maximum absolute atomic E-state index is 11.6. The van der Waals surface area contributed by atoms with Crippen molar-refractivity contribution in [3.63, 3.8) is 0 Å². The number of carbonyl (C=O) groups is 3. The zero-order chi connectivity index (χ0) is 11.7. The van der Waals surface area contributed by atoms with Crippen LogP contribution in [0.2, 0.25) is 0 Å². The molecule has 5 nitrogen and oxygen atoms in total. The van der Waals surface area contributed by atoms with Gasteiger partial charge in [0.15, 0.2) is 0 Å². The van der Waals surface area contributed by atoms with E-state index in [1.54, 1.807) is 18.2 Å². The molecule has 4 amide bonds. The van der Waals surface area contributed by atoms with Crippen molar-refractivity contribution >= 4 is 46.1 Å². The summed E-state index contributed by atoms with van der Waals surface area (Å²) in [6.45, 7) is 0. The minimum atomic E-state index is -0.691. The van der Waals surface area contributed by atoms with Crippen molar-refractivity contribution in [2.45, 2.75) is 6.42 Å². The van der Waals surface area contributed by atoms with Crippen LogP contribution >= 0.6 is 22.6 Å². The van der Waals surface area contributed by atoms with Crippen LogP contribution in [0.25, 0.3) is 0 Å². The highest BCUT2D eigenvalue weighted by Gasteiger charge is 2.31. The first kappa shape index (κ1) is 11.1. The fourth-order valence-corrected chi connectivity index (χ4v) is 1.95. The highest BCUT2D eigenvalue weighted by molar-refractivity contribution is 14.1. The van der Waals surface area contributed by atoms with Crippen LogP contribution in [0.1, 0.15) is 6.42 Å². The first-order chi connectivity index (χ1) is 7.58. The zero-order valence-electron chi connectivity index (χ0n) is 8.07. The average Bonchev–Trinajstić information content (AvgIpc) is 2.15. The Balaban J connectivity index is 2.36. The Bertz CT molecular complexity index is 467. The largest absolute Gasteiger partial charge is 0.335 e. The molecule has 0 radical (unpaired) electrons. The lowest BCUT2D eigenvalue weighted by atomic mass is 10.2. The number of benzene rings is 1. The lowest BCUT2D eigenvalue weighted by Crippen LogP contribution is -2.52. The molecule has 0 saturated carbocycles. The first-order valence-corrected chi connectivity index (χ1v) is 5.58. The summed E-state index contributed by atoms with van der Waals surface area (Å²) in [5.74, 6) is -1.06. The van der Waals surface area contributed by atoms with Gasteiger partial charge in [0.25, 0.3) is 0 Å². The molecule has 6 heteroatoms. The Morgan fingerprint density at radius 3 is 2.62 bits per heavy atom. The van der Waals surface area contributed by atoms with Crippen LogP contribution < -0.4 is 10.2 Å². The van der Waals surface area contributed by atoms with Crippen molar-refractivity contribution in [1.29, 1.82) is 0 Å². The van der Waals surface area contributed by atoms with Gasteiger partial charge in [0, 0.05) is 3.57 Å². The number of anilines is 1. The number of urea groups is 1. The van der Waals surface area contributed by atoms with Crippen molar-refractivity contribution in [3.8, 4) is 0 Å². The van der Waals surface area contributed by atoms with Gasteiger partial charge in [0.1, 0.15) is 6.42 Å². The Hall–Kier alpha value is -1.44. The van der Waals surface area contributed by atoms with E-state index < -0.39 is 17.8 Å². The van der Waals surface area contributed by atoms with E-state index in [1.807, 2.05) is 6.07 Å².